The molecule has 1 saturated heterocycles. The fourth-order valence-corrected chi connectivity index (χ4v) is 3.76. The second-order valence-electron chi connectivity index (χ2n) is 7.59. The van der Waals surface area contributed by atoms with Crippen molar-refractivity contribution < 1.29 is 14.3 Å². The van der Waals surface area contributed by atoms with E-state index in [1.165, 1.54) is 0 Å². The van der Waals surface area contributed by atoms with Crippen LogP contribution in [0.2, 0.25) is 0 Å². The highest BCUT2D eigenvalue weighted by molar-refractivity contribution is 6.00. The second-order valence-corrected chi connectivity index (χ2v) is 7.59. The van der Waals surface area contributed by atoms with E-state index < -0.39 is 11.6 Å². The maximum atomic E-state index is 13.3. The molecule has 2 aliphatic rings. The number of hydrogen-bond acceptors (Lipinski definition) is 4. The van der Waals surface area contributed by atoms with Gasteiger partial charge in [0.15, 0.2) is 0 Å². The number of likely N-dealkylation sites (N-methyl/N-ethyl adjacent to an activating group) is 1. The maximum absolute atomic E-state index is 13.3. The summed E-state index contributed by atoms with van der Waals surface area (Å²) in [4.78, 5) is 29.7. The first-order valence-electron chi connectivity index (χ1n) is 9.42. The summed E-state index contributed by atoms with van der Waals surface area (Å²) in [7, 11) is 2.10. The van der Waals surface area contributed by atoms with Gasteiger partial charge in [0, 0.05) is 32.5 Å². The zero-order valence-corrected chi connectivity index (χ0v) is 16.2. The molecular weight excluding hydrogens is 330 g/mol. The van der Waals surface area contributed by atoms with Gasteiger partial charge in [-0.2, -0.15) is 0 Å². The minimum Gasteiger partial charge on any atom is -0.484 e. The molecule has 6 heteroatoms. The highest BCUT2D eigenvalue weighted by atomic mass is 16.5. The predicted octanol–water partition coefficient (Wildman–Crippen LogP) is 1.82. The van der Waals surface area contributed by atoms with Crippen molar-refractivity contribution in [2.45, 2.75) is 45.3 Å². The minimum absolute atomic E-state index is 0.125. The Bertz CT molecular complexity index is 696. The van der Waals surface area contributed by atoms with Crippen LogP contribution in [0.1, 0.15) is 42.6 Å². The van der Waals surface area contributed by atoms with Gasteiger partial charge >= 0.3 is 0 Å². The van der Waals surface area contributed by atoms with Crippen LogP contribution in [-0.2, 0) is 4.79 Å². The number of nitrogens with one attached hydrogen (secondary N) is 1. The van der Waals surface area contributed by atoms with E-state index in [1.807, 2.05) is 32.0 Å². The van der Waals surface area contributed by atoms with Crippen LogP contribution in [0.3, 0.4) is 0 Å². The molecule has 0 radical (unpaired) electrons. The molecule has 2 heterocycles. The maximum Gasteiger partial charge on any atom is 0.258 e. The van der Waals surface area contributed by atoms with Crippen molar-refractivity contribution in [3.8, 4) is 5.75 Å². The van der Waals surface area contributed by atoms with Crippen molar-refractivity contribution in [1.82, 2.24) is 15.1 Å². The lowest BCUT2D eigenvalue weighted by Crippen LogP contribution is -2.57. The summed E-state index contributed by atoms with van der Waals surface area (Å²) >= 11 is 0. The third-order valence-electron chi connectivity index (χ3n) is 5.51. The lowest BCUT2D eigenvalue weighted by Gasteiger charge is -2.42. The van der Waals surface area contributed by atoms with Gasteiger partial charge in [0.25, 0.3) is 5.91 Å². The highest BCUT2D eigenvalue weighted by Crippen LogP contribution is 2.36. The number of benzene rings is 1. The van der Waals surface area contributed by atoms with E-state index in [9.17, 15) is 9.59 Å². The molecular formula is C20H29N3O3. The van der Waals surface area contributed by atoms with Gasteiger partial charge in [0.1, 0.15) is 17.4 Å². The summed E-state index contributed by atoms with van der Waals surface area (Å²) in [6, 6.07) is 5.19. The van der Waals surface area contributed by atoms with E-state index in [4.69, 9.17) is 4.74 Å². The summed E-state index contributed by atoms with van der Waals surface area (Å²) < 4.78 is 6.46. The fourth-order valence-electron chi connectivity index (χ4n) is 3.76. The van der Waals surface area contributed by atoms with Gasteiger partial charge in [0.05, 0.1) is 12.1 Å². The molecule has 1 aromatic carbocycles. The molecule has 1 fully saturated rings. The number of nitrogens with zero attached hydrogens (tertiary/aromatic N) is 2. The molecule has 3 rings (SSSR count). The summed E-state index contributed by atoms with van der Waals surface area (Å²) in [6.07, 6.45) is 1.67. The van der Waals surface area contributed by atoms with Crippen LogP contribution in [0.15, 0.2) is 18.2 Å². The molecule has 2 amide bonds. The molecule has 0 aliphatic carbocycles. The normalized spacial score (nSPS) is 20.9. The van der Waals surface area contributed by atoms with Gasteiger partial charge in [-0.1, -0.05) is 11.6 Å². The number of carbonyl (C=O) groups is 2. The van der Waals surface area contributed by atoms with Crippen molar-refractivity contribution in [2.75, 3.05) is 33.2 Å². The Morgan fingerprint density at radius 3 is 2.69 bits per heavy atom. The number of likely N-dealkylation sites (tertiary alicyclic amines) is 1. The number of fused-ring (bicyclic) bond motifs is 1. The van der Waals surface area contributed by atoms with Gasteiger partial charge in [-0.05, 0) is 40.0 Å². The molecule has 2 aliphatic heterocycles. The van der Waals surface area contributed by atoms with E-state index >= 15 is 0 Å². The van der Waals surface area contributed by atoms with Crippen molar-refractivity contribution in [2.24, 2.45) is 0 Å². The SMILES string of the molecule is CCNC(=O)[C@H](C)N1CC2(CCN(C)CC2)Oc2ccc(C)cc2C1=O. The van der Waals surface area contributed by atoms with Crippen LogP contribution in [0.25, 0.3) is 0 Å². The molecule has 26 heavy (non-hydrogen) atoms. The van der Waals surface area contributed by atoms with Gasteiger partial charge in [-0.25, -0.2) is 0 Å². The smallest absolute Gasteiger partial charge is 0.258 e. The van der Waals surface area contributed by atoms with Crippen LogP contribution in [0.4, 0.5) is 0 Å². The van der Waals surface area contributed by atoms with Crippen LogP contribution >= 0.6 is 0 Å². The zero-order chi connectivity index (χ0) is 18.9. The fraction of sp³-hybridized carbons (Fsp3) is 0.600. The van der Waals surface area contributed by atoms with E-state index in [1.54, 1.807) is 11.8 Å². The summed E-state index contributed by atoms with van der Waals surface area (Å²) in [5.74, 6) is 0.383. The Morgan fingerprint density at radius 1 is 1.35 bits per heavy atom. The number of rotatable bonds is 3. The first kappa shape index (κ1) is 18.7. The molecule has 1 aromatic rings. The molecule has 1 atom stereocenters. The number of aryl methyl sites for hydroxylation is 1. The van der Waals surface area contributed by atoms with Gasteiger partial charge in [0.2, 0.25) is 5.91 Å². The molecule has 1 N–H and O–H groups in total. The standard InChI is InChI=1S/C20H29N3O3/c1-5-21-18(24)15(3)23-13-20(8-10-22(4)11-9-20)26-17-7-6-14(2)12-16(17)19(23)25/h6-7,12,15H,5,8-11,13H2,1-4H3,(H,21,24)/t15-/m0/s1. The van der Waals surface area contributed by atoms with Gasteiger partial charge in [-0.3, -0.25) is 9.59 Å². The number of piperidine rings is 1. The topological polar surface area (TPSA) is 61.9 Å². The second kappa shape index (κ2) is 7.27. The van der Waals surface area contributed by atoms with E-state index in [2.05, 4.69) is 17.3 Å². The average Bonchev–Trinajstić information content (AvgIpc) is 2.73. The Balaban J connectivity index is 2.00. The van der Waals surface area contributed by atoms with Crippen molar-refractivity contribution >= 4 is 11.8 Å². The quantitative estimate of drug-likeness (QED) is 0.894. The Labute approximate surface area is 155 Å². The minimum atomic E-state index is -0.533. The Hall–Kier alpha value is -2.08. The lowest BCUT2D eigenvalue weighted by atomic mass is 9.90. The van der Waals surface area contributed by atoms with Crippen LogP contribution in [0.5, 0.6) is 5.75 Å². The first-order chi connectivity index (χ1) is 12.3. The van der Waals surface area contributed by atoms with E-state index in [-0.39, 0.29) is 11.8 Å². The molecule has 0 aromatic heterocycles. The molecule has 142 valence electrons. The molecule has 6 nitrogen and oxygen atoms in total. The Kier molecular flexibility index (Phi) is 5.23. The molecule has 0 saturated carbocycles. The van der Waals surface area contributed by atoms with Gasteiger partial charge in [-0.15, -0.1) is 0 Å². The van der Waals surface area contributed by atoms with Crippen molar-refractivity contribution in [3.63, 3.8) is 0 Å². The zero-order valence-electron chi connectivity index (χ0n) is 16.2. The number of carbonyl (C=O) groups excluding carboxylic acids is 2. The third-order valence-corrected chi connectivity index (χ3v) is 5.51. The monoisotopic (exact) mass is 359 g/mol. The van der Waals surface area contributed by atoms with Crippen LogP contribution in [-0.4, -0.2) is 66.5 Å². The number of hydrogen-bond donors (Lipinski definition) is 1. The average molecular weight is 359 g/mol. The predicted molar refractivity (Wildman–Crippen MR) is 100 cm³/mol. The van der Waals surface area contributed by atoms with E-state index in [0.29, 0.717) is 24.4 Å². The third kappa shape index (κ3) is 3.56. The summed E-state index contributed by atoms with van der Waals surface area (Å²) in [5, 5.41) is 2.84. The summed E-state index contributed by atoms with van der Waals surface area (Å²) in [5.41, 5.74) is 1.12. The molecule has 0 bridgehead atoms. The van der Waals surface area contributed by atoms with Crippen LogP contribution < -0.4 is 10.1 Å². The number of ether oxygens (including phenoxy) is 1. The molecule has 1 spiro atoms. The largest absolute Gasteiger partial charge is 0.484 e. The highest BCUT2D eigenvalue weighted by Gasteiger charge is 2.44. The first-order valence-corrected chi connectivity index (χ1v) is 9.42. The van der Waals surface area contributed by atoms with Crippen LogP contribution in [0, 0.1) is 6.92 Å². The number of amides is 2. The van der Waals surface area contributed by atoms with Crippen molar-refractivity contribution in [3.05, 3.63) is 29.3 Å². The lowest BCUT2D eigenvalue weighted by molar-refractivity contribution is -0.126. The Morgan fingerprint density at radius 2 is 2.04 bits per heavy atom. The van der Waals surface area contributed by atoms with E-state index in [0.717, 1.165) is 31.5 Å². The van der Waals surface area contributed by atoms with Gasteiger partial charge < -0.3 is 19.9 Å². The van der Waals surface area contributed by atoms with Crippen molar-refractivity contribution in [1.29, 1.82) is 0 Å². The summed E-state index contributed by atoms with van der Waals surface area (Å²) in [6.45, 7) is 8.46. The molecule has 0 unspecified atom stereocenters.